The van der Waals surface area contributed by atoms with Gasteiger partial charge in [0.1, 0.15) is 5.78 Å². The largest absolute Gasteiger partial charge is 0.469 e. The van der Waals surface area contributed by atoms with E-state index in [4.69, 9.17) is 13.6 Å². The van der Waals surface area contributed by atoms with Crippen LogP contribution in [0.4, 0.5) is 0 Å². The van der Waals surface area contributed by atoms with Gasteiger partial charge in [0, 0.05) is 18.8 Å². The quantitative estimate of drug-likeness (QED) is 0.0767. The van der Waals surface area contributed by atoms with Gasteiger partial charge in [0.2, 0.25) is 0 Å². The number of hydrogen-bond acceptors (Lipinski definition) is 6. The zero-order valence-corrected chi connectivity index (χ0v) is 30.6. The summed E-state index contributed by atoms with van der Waals surface area (Å²) in [6.45, 7) is 24.7. The summed E-state index contributed by atoms with van der Waals surface area (Å²) in [7, 11) is -2.73. The molecule has 0 saturated heterocycles. The van der Waals surface area contributed by atoms with E-state index in [1.54, 1.807) is 0 Å². The van der Waals surface area contributed by atoms with E-state index in [1.807, 2.05) is 0 Å². The van der Waals surface area contributed by atoms with Crippen molar-refractivity contribution in [3.63, 3.8) is 0 Å². The molecular weight excluding hydrogens is 549 g/mol. The van der Waals surface area contributed by atoms with Crippen molar-refractivity contribution in [2.75, 3.05) is 7.11 Å². The molecule has 0 heterocycles. The van der Waals surface area contributed by atoms with E-state index in [2.05, 4.69) is 86.8 Å². The van der Waals surface area contributed by atoms with Gasteiger partial charge in [-0.15, -0.1) is 0 Å². The van der Waals surface area contributed by atoms with Crippen molar-refractivity contribution >= 4 is 28.4 Å². The Hall–Kier alpha value is -0.806. The van der Waals surface area contributed by atoms with E-state index in [-0.39, 0.29) is 40.0 Å². The van der Waals surface area contributed by atoms with Gasteiger partial charge in [-0.25, -0.2) is 0 Å². The molecule has 6 nitrogen and oxygen atoms in total. The lowest BCUT2D eigenvalue weighted by Crippen LogP contribution is -2.45. The molecule has 1 N–H and O–H groups in total. The number of ketones is 1. The van der Waals surface area contributed by atoms with Crippen LogP contribution in [0.2, 0.25) is 36.3 Å². The zero-order chi connectivity index (χ0) is 31.6. The van der Waals surface area contributed by atoms with Crippen molar-refractivity contribution in [1.82, 2.24) is 0 Å². The van der Waals surface area contributed by atoms with Crippen LogP contribution in [-0.2, 0) is 23.2 Å². The fraction of sp³-hybridized carbons (Fsp3) is 0.879. The van der Waals surface area contributed by atoms with E-state index in [0.717, 1.165) is 38.5 Å². The predicted molar refractivity (Wildman–Crippen MR) is 175 cm³/mol. The molecule has 1 saturated carbocycles. The number of carbonyl (C=O) groups is 2. The summed E-state index contributed by atoms with van der Waals surface area (Å²) in [6.07, 6.45) is 11.3. The number of hydrogen-bond donors (Lipinski definition) is 1. The van der Waals surface area contributed by atoms with Crippen LogP contribution in [0.5, 0.6) is 0 Å². The fourth-order valence-corrected chi connectivity index (χ4v) is 7.64. The molecule has 0 aromatic rings. The third kappa shape index (κ3) is 12.0. The minimum atomic E-state index is -2.14. The number of aliphatic hydroxyl groups excluding tert-OH is 1. The lowest BCUT2D eigenvalue weighted by molar-refractivity contribution is -0.140. The van der Waals surface area contributed by atoms with Crippen LogP contribution in [0.25, 0.3) is 0 Å². The van der Waals surface area contributed by atoms with Gasteiger partial charge in [0.15, 0.2) is 16.6 Å². The molecule has 0 aromatic carbocycles. The average molecular weight is 613 g/mol. The summed E-state index contributed by atoms with van der Waals surface area (Å²) in [4.78, 5) is 24.9. The maximum Gasteiger partial charge on any atom is 0.305 e. The first-order valence-corrected chi connectivity index (χ1v) is 21.9. The normalized spacial score (nSPS) is 22.4. The SMILES string of the molecule is CCCCC[C@@H](/C=C/[C@@H]1[C@@H](C(O)CCCCCC(=O)OC)C(=O)C[C@H]1O[Si](C)(C)C(C)(C)C)O[Si](C)(C)C(C)(C)C. The first-order valence-electron chi connectivity index (χ1n) is 16.1. The summed E-state index contributed by atoms with van der Waals surface area (Å²) in [5.74, 6) is -0.775. The van der Waals surface area contributed by atoms with Gasteiger partial charge < -0.3 is 18.7 Å². The summed E-state index contributed by atoms with van der Waals surface area (Å²) in [5, 5.41) is 11.5. The minimum absolute atomic E-state index is 0.0113. The lowest BCUT2D eigenvalue weighted by atomic mass is 9.86. The molecule has 8 heteroatoms. The molecule has 0 spiro atoms. The van der Waals surface area contributed by atoms with E-state index in [1.165, 1.54) is 13.5 Å². The van der Waals surface area contributed by atoms with Gasteiger partial charge in [-0.2, -0.15) is 0 Å². The van der Waals surface area contributed by atoms with Gasteiger partial charge in [-0.05, 0) is 55.5 Å². The number of rotatable bonds is 17. The van der Waals surface area contributed by atoms with Crippen molar-refractivity contribution in [1.29, 1.82) is 0 Å². The maximum absolute atomic E-state index is 13.5. The van der Waals surface area contributed by atoms with Crippen molar-refractivity contribution in [2.45, 2.75) is 167 Å². The monoisotopic (exact) mass is 612 g/mol. The standard InChI is InChI=1S/C33H64O6Si2/c1-13-14-16-19-25(38-40(9,10)32(2,3)4)22-23-26-29(39-41(11,12)33(5,6)7)24-28(35)31(26)27(34)20-17-15-18-21-30(36)37-8/h22-23,25-27,29,31,34H,13-21,24H2,1-12H3/b23-22+/t25-,26-,27?,29+,31-/m0/s1. The molecule has 0 radical (unpaired) electrons. The molecule has 0 aromatic heterocycles. The second-order valence-electron chi connectivity index (χ2n) is 15.2. The van der Waals surface area contributed by atoms with Crippen LogP contribution in [0, 0.1) is 11.8 Å². The molecule has 41 heavy (non-hydrogen) atoms. The highest BCUT2D eigenvalue weighted by Gasteiger charge is 2.49. The highest BCUT2D eigenvalue weighted by molar-refractivity contribution is 6.74. The molecule has 0 aliphatic heterocycles. The van der Waals surface area contributed by atoms with Crippen LogP contribution in [0.15, 0.2) is 12.2 Å². The zero-order valence-electron chi connectivity index (χ0n) is 28.6. The van der Waals surface area contributed by atoms with Crippen LogP contribution in [0.3, 0.4) is 0 Å². The second-order valence-corrected chi connectivity index (χ2v) is 24.7. The van der Waals surface area contributed by atoms with Crippen molar-refractivity contribution < 1.29 is 28.3 Å². The molecule has 1 unspecified atom stereocenters. The molecule has 1 aliphatic carbocycles. The van der Waals surface area contributed by atoms with Crippen LogP contribution >= 0.6 is 0 Å². The molecule has 5 atom stereocenters. The summed E-state index contributed by atoms with van der Waals surface area (Å²) < 4.78 is 18.5. The van der Waals surface area contributed by atoms with Crippen molar-refractivity contribution in [3.05, 3.63) is 12.2 Å². The van der Waals surface area contributed by atoms with Crippen LogP contribution in [-0.4, -0.2) is 58.9 Å². The van der Waals surface area contributed by atoms with Gasteiger partial charge in [0.25, 0.3) is 0 Å². The molecule has 0 amide bonds. The fourth-order valence-electron chi connectivity index (χ4n) is 4.99. The third-order valence-electron chi connectivity index (χ3n) is 9.79. The van der Waals surface area contributed by atoms with E-state index < -0.39 is 28.7 Å². The maximum atomic E-state index is 13.5. The second kappa shape index (κ2) is 16.3. The van der Waals surface area contributed by atoms with Gasteiger partial charge in [-0.3, -0.25) is 9.59 Å². The Morgan fingerprint density at radius 3 is 2.07 bits per heavy atom. The first kappa shape index (κ1) is 38.2. The topological polar surface area (TPSA) is 82.1 Å². The average Bonchev–Trinajstić information content (AvgIpc) is 3.14. The lowest BCUT2D eigenvalue weighted by Gasteiger charge is -2.40. The third-order valence-corrected chi connectivity index (χ3v) is 18.8. The van der Waals surface area contributed by atoms with Crippen molar-refractivity contribution in [2.24, 2.45) is 11.8 Å². The number of unbranched alkanes of at least 4 members (excludes halogenated alkanes) is 4. The van der Waals surface area contributed by atoms with E-state index in [0.29, 0.717) is 19.3 Å². The molecule has 0 bridgehead atoms. The Balaban J connectivity index is 3.24. The van der Waals surface area contributed by atoms with Crippen LogP contribution in [0.1, 0.15) is 113 Å². The van der Waals surface area contributed by atoms with Gasteiger partial charge in [0.05, 0.1) is 31.3 Å². The minimum Gasteiger partial charge on any atom is -0.469 e. The predicted octanol–water partition coefficient (Wildman–Crippen LogP) is 8.59. The smallest absolute Gasteiger partial charge is 0.305 e. The number of ether oxygens (including phenoxy) is 1. The number of methoxy groups -OCH3 is 1. The summed E-state index contributed by atoms with van der Waals surface area (Å²) >= 11 is 0. The van der Waals surface area contributed by atoms with Gasteiger partial charge in [-0.1, -0.05) is 92.7 Å². The number of esters is 1. The highest BCUT2D eigenvalue weighted by Crippen LogP contribution is 2.44. The Bertz CT molecular complexity index is 840. The highest BCUT2D eigenvalue weighted by atomic mass is 28.4. The first-order chi connectivity index (χ1) is 18.8. The molecule has 240 valence electrons. The van der Waals surface area contributed by atoms with E-state index in [9.17, 15) is 14.7 Å². The number of aliphatic hydroxyl groups is 1. The molecule has 1 rings (SSSR count). The molecular formula is C33H64O6Si2. The summed E-state index contributed by atoms with van der Waals surface area (Å²) in [5.41, 5.74) is 0. The summed E-state index contributed by atoms with van der Waals surface area (Å²) in [6, 6.07) is 0. The number of carbonyl (C=O) groups excluding carboxylic acids is 2. The molecule has 1 aliphatic rings. The Kier molecular flexibility index (Phi) is 15.2. The van der Waals surface area contributed by atoms with Crippen LogP contribution < -0.4 is 0 Å². The Labute approximate surface area is 254 Å². The Morgan fingerprint density at radius 1 is 0.951 bits per heavy atom. The Morgan fingerprint density at radius 2 is 1.54 bits per heavy atom. The number of Topliss-reactive ketones (excluding diaryl/α,β-unsaturated/α-hetero) is 1. The van der Waals surface area contributed by atoms with Gasteiger partial charge >= 0.3 is 5.97 Å². The van der Waals surface area contributed by atoms with Crippen molar-refractivity contribution in [3.8, 4) is 0 Å². The van der Waals surface area contributed by atoms with E-state index >= 15 is 0 Å². The molecule has 1 fully saturated rings.